The lowest BCUT2D eigenvalue weighted by atomic mass is 10.2. The second-order valence-corrected chi connectivity index (χ2v) is 5.79. The number of thiophene rings is 1. The Morgan fingerprint density at radius 3 is 3.10 bits per heavy atom. The van der Waals surface area contributed by atoms with Crippen LogP contribution in [-0.4, -0.2) is 21.6 Å². The molecular formula is C16H13N3OS. The molecule has 0 aliphatic heterocycles. The molecule has 4 aromatic heterocycles. The normalized spacial score (nSPS) is 11.3. The molecule has 4 heterocycles. The van der Waals surface area contributed by atoms with Crippen molar-refractivity contribution >= 4 is 32.5 Å². The number of aromatic amines is 1. The third kappa shape index (κ3) is 2.06. The molecule has 0 radical (unpaired) electrons. The van der Waals surface area contributed by atoms with Gasteiger partial charge in [-0.2, -0.15) is 4.98 Å². The summed E-state index contributed by atoms with van der Waals surface area (Å²) in [6.07, 6.45) is 5.74. The van der Waals surface area contributed by atoms with E-state index in [4.69, 9.17) is 4.74 Å². The van der Waals surface area contributed by atoms with Gasteiger partial charge in [0.2, 0.25) is 5.88 Å². The standard InChI is InChI=1S/C16H13N3OS/c1-2-20-15-4-3-11-12(8-18-16(11)19-15)13-7-10-5-6-17-9-14(10)21-13/h3-9H,2H2,1H3,(H,18,19). The van der Waals surface area contributed by atoms with Crippen LogP contribution in [0.5, 0.6) is 5.88 Å². The Morgan fingerprint density at radius 1 is 1.29 bits per heavy atom. The number of nitrogens with zero attached hydrogens (tertiary/aromatic N) is 2. The maximum Gasteiger partial charge on any atom is 0.215 e. The highest BCUT2D eigenvalue weighted by Gasteiger charge is 2.11. The van der Waals surface area contributed by atoms with Gasteiger partial charge in [0.15, 0.2) is 0 Å². The van der Waals surface area contributed by atoms with E-state index >= 15 is 0 Å². The minimum atomic E-state index is 0.620. The lowest BCUT2D eigenvalue weighted by molar-refractivity contribution is 0.328. The Kier molecular flexibility index (Phi) is 2.86. The molecule has 4 rings (SSSR count). The summed E-state index contributed by atoms with van der Waals surface area (Å²) in [7, 11) is 0. The van der Waals surface area contributed by atoms with Crippen LogP contribution in [0.4, 0.5) is 0 Å². The van der Waals surface area contributed by atoms with E-state index in [-0.39, 0.29) is 0 Å². The molecule has 104 valence electrons. The van der Waals surface area contributed by atoms with Gasteiger partial charge in [-0.1, -0.05) is 0 Å². The summed E-state index contributed by atoms with van der Waals surface area (Å²) >= 11 is 1.74. The number of rotatable bonds is 3. The first-order valence-electron chi connectivity index (χ1n) is 6.80. The molecule has 0 amide bonds. The van der Waals surface area contributed by atoms with E-state index in [1.54, 1.807) is 11.3 Å². The molecule has 0 saturated carbocycles. The van der Waals surface area contributed by atoms with Crippen molar-refractivity contribution in [3.8, 4) is 16.3 Å². The number of pyridine rings is 2. The Balaban J connectivity index is 1.86. The number of nitrogens with one attached hydrogen (secondary N) is 1. The molecule has 0 unspecified atom stereocenters. The Labute approximate surface area is 125 Å². The summed E-state index contributed by atoms with van der Waals surface area (Å²) in [6.45, 7) is 2.58. The summed E-state index contributed by atoms with van der Waals surface area (Å²) in [6, 6.07) is 8.20. The summed E-state index contributed by atoms with van der Waals surface area (Å²) in [5, 5.41) is 2.33. The highest BCUT2D eigenvalue weighted by Crippen LogP contribution is 2.36. The van der Waals surface area contributed by atoms with Crippen molar-refractivity contribution in [2.75, 3.05) is 6.61 Å². The fraction of sp³-hybridized carbons (Fsp3) is 0.125. The van der Waals surface area contributed by atoms with Crippen molar-refractivity contribution in [1.29, 1.82) is 0 Å². The zero-order valence-electron chi connectivity index (χ0n) is 11.5. The van der Waals surface area contributed by atoms with Gasteiger partial charge in [-0.15, -0.1) is 11.3 Å². The monoisotopic (exact) mass is 295 g/mol. The number of ether oxygens (including phenoxy) is 1. The second kappa shape index (κ2) is 4.86. The van der Waals surface area contributed by atoms with E-state index in [0.29, 0.717) is 12.5 Å². The first-order chi connectivity index (χ1) is 10.3. The third-order valence-corrected chi connectivity index (χ3v) is 4.51. The fourth-order valence-electron chi connectivity index (χ4n) is 2.44. The molecule has 21 heavy (non-hydrogen) atoms. The van der Waals surface area contributed by atoms with Crippen molar-refractivity contribution in [2.45, 2.75) is 6.92 Å². The Hall–Kier alpha value is -2.40. The predicted octanol–water partition coefficient (Wildman–Crippen LogP) is 4.24. The first kappa shape index (κ1) is 12.3. The van der Waals surface area contributed by atoms with Crippen LogP contribution in [-0.2, 0) is 0 Å². The first-order valence-corrected chi connectivity index (χ1v) is 7.61. The van der Waals surface area contributed by atoms with Gasteiger partial charge in [0.1, 0.15) is 5.65 Å². The summed E-state index contributed by atoms with van der Waals surface area (Å²) < 4.78 is 6.64. The highest BCUT2D eigenvalue weighted by molar-refractivity contribution is 7.22. The molecule has 0 aromatic carbocycles. The van der Waals surface area contributed by atoms with Gasteiger partial charge in [-0.25, -0.2) is 0 Å². The third-order valence-electron chi connectivity index (χ3n) is 3.39. The van der Waals surface area contributed by atoms with Crippen LogP contribution >= 0.6 is 11.3 Å². The Morgan fingerprint density at radius 2 is 2.24 bits per heavy atom. The van der Waals surface area contributed by atoms with Gasteiger partial charge in [0.25, 0.3) is 0 Å². The molecule has 0 fully saturated rings. The number of hydrogen-bond acceptors (Lipinski definition) is 4. The summed E-state index contributed by atoms with van der Waals surface area (Å²) in [5.74, 6) is 0.652. The maximum absolute atomic E-state index is 5.44. The minimum Gasteiger partial charge on any atom is -0.478 e. The number of fused-ring (bicyclic) bond motifs is 2. The van der Waals surface area contributed by atoms with E-state index in [0.717, 1.165) is 11.0 Å². The largest absolute Gasteiger partial charge is 0.478 e. The molecule has 1 N–H and O–H groups in total. The van der Waals surface area contributed by atoms with Gasteiger partial charge >= 0.3 is 0 Å². The van der Waals surface area contributed by atoms with Crippen LogP contribution < -0.4 is 4.74 Å². The lowest BCUT2D eigenvalue weighted by Crippen LogP contribution is -1.93. The number of hydrogen-bond donors (Lipinski definition) is 1. The van der Waals surface area contributed by atoms with Crippen LogP contribution in [0, 0.1) is 0 Å². The van der Waals surface area contributed by atoms with Gasteiger partial charge in [0, 0.05) is 40.5 Å². The van der Waals surface area contributed by atoms with Gasteiger partial charge in [-0.05, 0) is 30.5 Å². The zero-order valence-corrected chi connectivity index (χ0v) is 12.3. The molecule has 0 aliphatic carbocycles. The van der Waals surface area contributed by atoms with Gasteiger partial charge < -0.3 is 9.72 Å². The van der Waals surface area contributed by atoms with Crippen LogP contribution in [0.3, 0.4) is 0 Å². The van der Waals surface area contributed by atoms with Crippen LogP contribution in [0.1, 0.15) is 6.92 Å². The van der Waals surface area contributed by atoms with Crippen molar-refractivity contribution in [1.82, 2.24) is 15.0 Å². The van der Waals surface area contributed by atoms with Crippen molar-refractivity contribution in [2.24, 2.45) is 0 Å². The molecule has 0 atom stereocenters. The number of H-pyrrole nitrogens is 1. The van der Waals surface area contributed by atoms with Crippen molar-refractivity contribution in [3.63, 3.8) is 0 Å². The van der Waals surface area contributed by atoms with Gasteiger partial charge in [0.05, 0.1) is 11.3 Å². The van der Waals surface area contributed by atoms with Crippen molar-refractivity contribution < 1.29 is 4.74 Å². The van der Waals surface area contributed by atoms with Crippen LogP contribution in [0.25, 0.3) is 31.6 Å². The predicted molar refractivity (Wildman–Crippen MR) is 85.9 cm³/mol. The lowest BCUT2D eigenvalue weighted by Gasteiger charge is -2.01. The highest BCUT2D eigenvalue weighted by atomic mass is 32.1. The average molecular weight is 295 g/mol. The van der Waals surface area contributed by atoms with E-state index in [1.165, 1.54) is 20.5 Å². The molecule has 5 heteroatoms. The summed E-state index contributed by atoms with van der Waals surface area (Å²) in [5.41, 5.74) is 2.02. The molecule has 0 spiro atoms. The van der Waals surface area contributed by atoms with Crippen LogP contribution in [0.15, 0.2) is 42.9 Å². The van der Waals surface area contributed by atoms with E-state index in [1.807, 2.05) is 37.6 Å². The molecule has 4 nitrogen and oxygen atoms in total. The minimum absolute atomic E-state index is 0.620. The fourth-order valence-corrected chi connectivity index (χ4v) is 3.50. The average Bonchev–Trinajstić information content (AvgIpc) is 3.10. The molecule has 0 aliphatic rings. The molecular weight excluding hydrogens is 282 g/mol. The van der Waals surface area contributed by atoms with Gasteiger partial charge in [-0.3, -0.25) is 4.98 Å². The SMILES string of the molecule is CCOc1ccc2c(-c3cc4ccncc4s3)c[nH]c2n1. The van der Waals surface area contributed by atoms with Crippen molar-refractivity contribution in [3.05, 3.63) is 42.9 Å². The molecule has 4 aromatic rings. The van der Waals surface area contributed by atoms with E-state index < -0.39 is 0 Å². The molecule has 0 saturated heterocycles. The quantitative estimate of drug-likeness (QED) is 0.615. The second-order valence-electron chi connectivity index (χ2n) is 4.71. The number of aromatic nitrogens is 3. The van der Waals surface area contributed by atoms with E-state index in [2.05, 4.69) is 27.1 Å². The smallest absolute Gasteiger partial charge is 0.215 e. The maximum atomic E-state index is 5.44. The molecule has 0 bridgehead atoms. The topological polar surface area (TPSA) is 50.8 Å². The van der Waals surface area contributed by atoms with E-state index in [9.17, 15) is 0 Å². The summed E-state index contributed by atoms with van der Waals surface area (Å²) in [4.78, 5) is 13.1. The van der Waals surface area contributed by atoms with Crippen LogP contribution in [0.2, 0.25) is 0 Å². The Bertz CT molecular complexity index is 892. The zero-order chi connectivity index (χ0) is 14.2.